The second-order valence-electron chi connectivity index (χ2n) is 9.42. The monoisotopic (exact) mass is 360 g/mol. The molecule has 1 N–H and O–H groups in total. The summed E-state index contributed by atoms with van der Waals surface area (Å²) in [4.78, 5) is 11.2. The Bertz CT molecular complexity index is 960. The topological polar surface area (TPSA) is 37.3 Å². The zero-order valence-corrected chi connectivity index (χ0v) is 16.7. The third-order valence-corrected chi connectivity index (χ3v) is 6.61. The fourth-order valence-corrected chi connectivity index (χ4v) is 4.64. The van der Waals surface area contributed by atoms with Crippen molar-refractivity contribution in [1.29, 1.82) is 0 Å². The Morgan fingerprint density at radius 3 is 2.30 bits per heavy atom. The van der Waals surface area contributed by atoms with Crippen LogP contribution < -0.4 is 0 Å². The average Bonchev–Trinajstić information content (AvgIpc) is 2.64. The molecule has 4 rings (SSSR count). The molecule has 0 bridgehead atoms. The maximum absolute atomic E-state index is 11.2. The van der Waals surface area contributed by atoms with Gasteiger partial charge < -0.3 is 5.11 Å². The van der Waals surface area contributed by atoms with E-state index in [-0.39, 0.29) is 10.8 Å². The molecule has 0 atom stereocenters. The van der Waals surface area contributed by atoms with Crippen molar-refractivity contribution in [2.24, 2.45) is 0 Å². The summed E-state index contributed by atoms with van der Waals surface area (Å²) in [6.07, 6.45) is 6.55. The van der Waals surface area contributed by atoms with Crippen LogP contribution in [-0.4, -0.2) is 11.1 Å². The Hall–Kier alpha value is -2.35. The molecule has 0 saturated carbocycles. The number of rotatable bonds is 2. The number of aryl methyl sites for hydroxylation is 1. The summed E-state index contributed by atoms with van der Waals surface area (Å²) in [7, 11) is 0. The third kappa shape index (κ3) is 3.12. The van der Waals surface area contributed by atoms with Crippen molar-refractivity contribution < 1.29 is 9.90 Å². The van der Waals surface area contributed by atoms with Crippen molar-refractivity contribution in [3.8, 4) is 0 Å². The van der Waals surface area contributed by atoms with E-state index in [2.05, 4.69) is 52.0 Å². The van der Waals surface area contributed by atoms with Crippen LogP contribution in [-0.2, 0) is 17.3 Å². The number of hydrogen-bond donors (Lipinski definition) is 1. The summed E-state index contributed by atoms with van der Waals surface area (Å²) in [6.45, 7) is 9.44. The number of benzene rings is 2. The molecule has 2 aromatic rings. The average molecular weight is 360 g/mol. The molecule has 2 heteroatoms. The van der Waals surface area contributed by atoms with Crippen LogP contribution in [0.5, 0.6) is 0 Å². The molecule has 0 unspecified atom stereocenters. The molecule has 2 aliphatic carbocycles. The molecule has 0 aliphatic heterocycles. The molecular weight excluding hydrogens is 332 g/mol. The van der Waals surface area contributed by atoms with Crippen LogP contribution in [0.2, 0.25) is 0 Å². The lowest BCUT2D eigenvalue weighted by atomic mass is 9.63. The van der Waals surface area contributed by atoms with Gasteiger partial charge in [0, 0.05) is 0 Å². The predicted molar refractivity (Wildman–Crippen MR) is 111 cm³/mol. The van der Waals surface area contributed by atoms with Crippen LogP contribution in [0.4, 0.5) is 0 Å². The largest absolute Gasteiger partial charge is 0.478 e. The van der Waals surface area contributed by atoms with Crippen LogP contribution in [0.25, 0.3) is 11.6 Å². The highest BCUT2D eigenvalue weighted by atomic mass is 16.4. The van der Waals surface area contributed by atoms with Gasteiger partial charge in [0.2, 0.25) is 0 Å². The van der Waals surface area contributed by atoms with Gasteiger partial charge in [0.15, 0.2) is 0 Å². The highest BCUT2D eigenvalue weighted by Crippen LogP contribution is 2.46. The van der Waals surface area contributed by atoms with Gasteiger partial charge in [0.1, 0.15) is 0 Å². The first kappa shape index (κ1) is 18.0. The minimum absolute atomic E-state index is 0.213. The van der Waals surface area contributed by atoms with Crippen molar-refractivity contribution in [1.82, 2.24) is 0 Å². The van der Waals surface area contributed by atoms with Crippen molar-refractivity contribution >= 4 is 17.6 Å². The first-order chi connectivity index (χ1) is 12.7. The van der Waals surface area contributed by atoms with Gasteiger partial charge in [-0.15, -0.1) is 0 Å². The first-order valence-electron chi connectivity index (χ1n) is 9.90. The van der Waals surface area contributed by atoms with Crippen LogP contribution in [0.3, 0.4) is 0 Å². The van der Waals surface area contributed by atoms with E-state index in [9.17, 15) is 9.90 Å². The van der Waals surface area contributed by atoms with Gasteiger partial charge in [-0.25, -0.2) is 4.79 Å². The number of fused-ring (bicyclic) bond motifs is 2. The second kappa shape index (κ2) is 6.09. The maximum atomic E-state index is 11.2. The molecular formula is C25H28O2. The van der Waals surface area contributed by atoms with Gasteiger partial charge in [-0.3, -0.25) is 0 Å². The summed E-state index contributed by atoms with van der Waals surface area (Å²) in [6, 6.07) is 12.5. The number of allylic oxidation sites excluding steroid dienone is 1. The number of hydrogen-bond acceptors (Lipinski definition) is 1. The van der Waals surface area contributed by atoms with Gasteiger partial charge in [-0.2, -0.15) is 0 Å². The molecule has 140 valence electrons. The second-order valence-corrected chi connectivity index (χ2v) is 9.42. The zero-order valence-electron chi connectivity index (χ0n) is 16.7. The van der Waals surface area contributed by atoms with E-state index in [0.717, 1.165) is 24.0 Å². The Kier molecular flexibility index (Phi) is 4.06. The first-order valence-corrected chi connectivity index (χ1v) is 9.90. The van der Waals surface area contributed by atoms with Gasteiger partial charge >= 0.3 is 5.97 Å². The molecule has 2 aromatic carbocycles. The van der Waals surface area contributed by atoms with Crippen molar-refractivity contribution in [2.75, 3.05) is 0 Å². The van der Waals surface area contributed by atoms with Crippen LogP contribution in [0.15, 0.2) is 36.4 Å². The van der Waals surface area contributed by atoms with E-state index >= 15 is 0 Å². The van der Waals surface area contributed by atoms with Crippen LogP contribution in [0.1, 0.15) is 85.1 Å². The van der Waals surface area contributed by atoms with E-state index in [0.29, 0.717) is 5.56 Å². The van der Waals surface area contributed by atoms with E-state index in [1.807, 2.05) is 12.1 Å². The Labute approximate surface area is 161 Å². The molecule has 0 saturated heterocycles. The van der Waals surface area contributed by atoms with Crippen LogP contribution >= 0.6 is 0 Å². The normalized spacial score (nSPS) is 19.6. The third-order valence-electron chi connectivity index (χ3n) is 6.61. The molecule has 0 spiro atoms. The summed E-state index contributed by atoms with van der Waals surface area (Å²) >= 11 is 0. The van der Waals surface area contributed by atoms with E-state index in [1.54, 1.807) is 6.07 Å². The molecule has 0 heterocycles. The summed E-state index contributed by atoms with van der Waals surface area (Å²) in [5.74, 6) is -0.855. The fraction of sp³-hybridized carbons (Fsp3) is 0.400. The lowest BCUT2D eigenvalue weighted by Crippen LogP contribution is -2.33. The predicted octanol–water partition coefficient (Wildman–Crippen LogP) is 6.22. The van der Waals surface area contributed by atoms with Crippen LogP contribution in [0, 0.1) is 0 Å². The molecule has 0 radical (unpaired) electrons. The molecule has 0 fully saturated rings. The lowest BCUT2D eigenvalue weighted by Gasteiger charge is -2.42. The summed E-state index contributed by atoms with van der Waals surface area (Å²) < 4.78 is 0. The summed E-state index contributed by atoms with van der Waals surface area (Å²) in [5, 5.41) is 9.20. The Balaban J connectivity index is 1.76. The Morgan fingerprint density at radius 2 is 1.59 bits per heavy atom. The number of aromatic carboxylic acids is 1. The smallest absolute Gasteiger partial charge is 0.335 e. The molecule has 2 nitrogen and oxygen atoms in total. The van der Waals surface area contributed by atoms with E-state index < -0.39 is 5.97 Å². The molecule has 2 aliphatic rings. The minimum atomic E-state index is -0.855. The van der Waals surface area contributed by atoms with Gasteiger partial charge in [-0.05, 0) is 82.0 Å². The maximum Gasteiger partial charge on any atom is 0.335 e. The number of carboxylic acids is 1. The van der Waals surface area contributed by atoms with E-state index in [4.69, 9.17) is 0 Å². The highest BCUT2D eigenvalue weighted by molar-refractivity contribution is 5.90. The SMILES string of the molecule is CC1(C)CCC(C)(C)c2cc(C3=Cc4ccc(C(=O)O)cc4CC3)ccc21. The van der Waals surface area contributed by atoms with Crippen molar-refractivity contribution in [2.45, 2.75) is 64.2 Å². The number of carbonyl (C=O) groups is 1. The standard InChI is InChI=1S/C25H28O2/c1-24(2)11-12-25(3,4)22-15-19(9-10-21(22)24)17-5-6-18-14-20(23(26)27)8-7-16(18)13-17/h7-10,13-15H,5-6,11-12H2,1-4H3,(H,26,27). The number of carboxylic acid groups (broad SMARTS) is 1. The van der Waals surface area contributed by atoms with Gasteiger partial charge in [0.05, 0.1) is 5.56 Å². The Morgan fingerprint density at radius 1 is 0.889 bits per heavy atom. The fourth-order valence-electron chi connectivity index (χ4n) is 4.64. The highest BCUT2D eigenvalue weighted by Gasteiger charge is 2.37. The quantitative estimate of drug-likeness (QED) is 0.690. The molecule has 27 heavy (non-hydrogen) atoms. The molecule has 0 aromatic heterocycles. The minimum Gasteiger partial charge on any atom is -0.478 e. The van der Waals surface area contributed by atoms with Crippen molar-refractivity contribution in [3.63, 3.8) is 0 Å². The summed E-state index contributed by atoms with van der Waals surface area (Å²) in [5.41, 5.74) is 8.77. The zero-order chi connectivity index (χ0) is 19.4. The van der Waals surface area contributed by atoms with Gasteiger partial charge in [-0.1, -0.05) is 58.0 Å². The van der Waals surface area contributed by atoms with E-state index in [1.165, 1.54) is 35.1 Å². The van der Waals surface area contributed by atoms with Crippen molar-refractivity contribution in [3.05, 3.63) is 69.8 Å². The van der Waals surface area contributed by atoms with Gasteiger partial charge in [0.25, 0.3) is 0 Å². The molecule has 0 amide bonds. The lowest BCUT2D eigenvalue weighted by molar-refractivity contribution is 0.0696.